The SMILES string of the molecule is N#Cc1ccc(-c2cnn3ccc(-c4ccccc4)nc23)cc1. The van der Waals surface area contributed by atoms with Gasteiger partial charge in [-0.1, -0.05) is 42.5 Å². The predicted octanol–water partition coefficient (Wildman–Crippen LogP) is 3.93. The van der Waals surface area contributed by atoms with Crippen LogP contribution in [0.5, 0.6) is 0 Å². The predicted molar refractivity (Wildman–Crippen MR) is 88.6 cm³/mol. The molecule has 2 aromatic heterocycles. The van der Waals surface area contributed by atoms with E-state index in [9.17, 15) is 0 Å². The summed E-state index contributed by atoms with van der Waals surface area (Å²) in [5.74, 6) is 0. The summed E-state index contributed by atoms with van der Waals surface area (Å²) in [6, 6.07) is 21.6. The molecule has 0 aliphatic heterocycles. The Morgan fingerprint density at radius 1 is 0.870 bits per heavy atom. The molecule has 4 nitrogen and oxygen atoms in total. The van der Waals surface area contributed by atoms with Crippen LogP contribution in [0.15, 0.2) is 73.1 Å². The first-order chi connectivity index (χ1) is 11.3. The number of nitrogens with zero attached hydrogens (tertiary/aromatic N) is 4. The van der Waals surface area contributed by atoms with Gasteiger partial charge in [-0.2, -0.15) is 10.4 Å². The van der Waals surface area contributed by atoms with Gasteiger partial charge in [-0.25, -0.2) is 9.50 Å². The third-order valence-corrected chi connectivity index (χ3v) is 3.76. The van der Waals surface area contributed by atoms with Gasteiger partial charge in [0.1, 0.15) is 0 Å². The molecule has 0 bridgehead atoms. The Labute approximate surface area is 133 Å². The molecule has 0 spiro atoms. The highest BCUT2D eigenvalue weighted by Gasteiger charge is 2.09. The number of benzene rings is 2. The molecule has 0 atom stereocenters. The van der Waals surface area contributed by atoms with Gasteiger partial charge < -0.3 is 0 Å². The van der Waals surface area contributed by atoms with E-state index in [-0.39, 0.29) is 0 Å². The van der Waals surface area contributed by atoms with Crippen LogP contribution >= 0.6 is 0 Å². The number of rotatable bonds is 2. The molecule has 0 amide bonds. The summed E-state index contributed by atoms with van der Waals surface area (Å²) in [6.45, 7) is 0. The Morgan fingerprint density at radius 3 is 2.39 bits per heavy atom. The minimum atomic E-state index is 0.642. The largest absolute Gasteiger partial charge is 0.228 e. The monoisotopic (exact) mass is 296 g/mol. The summed E-state index contributed by atoms with van der Waals surface area (Å²) in [4.78, 5) is 4.76. The first kappa shape index (κ1) is 13.2. The van der Waals surface area contributed by atoms with Crippen molar-refractivity contribution in [2.75, 3.05) is 0 Å². The maximum Gasteiger partial charge on any atom is 0.163 e. The van der Waals surface area contributed by atoms with Crippen molar-refractivity contribution in [3.63, 3.8) is 0 Å². The van der Waals surface area contributed by atoms with Gasteiger partial charge in [0.25, 0.3) is 0 Å². The third-order valence-electron chi connectivity index (χ3n) is 3.76. The molecule has 0 unspecified atom stereocenters. The van der Waals surface area contributed by atoms with Crippen LogP contribution < -0.4 is 0 Å². The van der Waals surface area contributed by atoms with Gasteiger partial charge in [0.05, 0.1) is 23.5 Å². The van der Waals surface area contributed by atoms with Gasteiger partial charge in [0.2, 0.25) is 0 Å². The molecular weight excluding hydrogens is 284 g/mol. The van der Waals surface area contributed by atoms with Crippen LogP contribution in [-0.4, -0.2) is 14.6 Å². The van der Waals surface area contributed by atoms with Crippen LogP contribution in [-0.2, 0) is 0 Å². The molecule has 0 saturated heterocycles. The molecule has 4 rings (SSSR count). The van der Waals surface area contributed by atoms with Crippen molar-refractivity contribution < 1.29 is 0 Å². The first-order valence-corrected chi connectivity index (χ1v) is 7.25. The van der Waals surface area contributed by atoms with E-state index in [4.69, 9.17) is 10.2 Å². The maximum absolute atomic E-state index is 8.91. The normalized spacial score (nSPS) is 10.6. The fourth-order valence-electron chi connectivity index (χ4n) is 2.57. The van der Waals surface area contributed by atoms with E-state index < -0.39 is 0 Å². The molecule has 0 radical (unpaired) electrons. The van der Waals surface area contributed by atoms with Gasteiger partial charge in [-0.15, -0.1) is 0 Å². The van der Waals surface area contributed by atoms with Gasteiger partial charge in [0.15, 0.2) is 5.65 Å². The Hall–Kier alpha value is -3.45. The van der Waals surface area contributed by atoms with E-state index in [1.807, 2.05) is 54.7 Å². The molecule has 0 aliphatic carbocycles. The Bertz CT molecular complexity index is 1010. The molecule has 2 heterocycles. The van der Waals surface area contributed by atoms with E-state index in [2.05, 4.69) is 11.2 Å². The second-order valence-electron chi connectivity index (χ2n) is 5.19. The first-order valence-electron chi connectivity index (χ1n) is 7.25. The second-order valence-corrected chi connectivity index (χ2v) is 5.19. The van der Waals surface area contributed by atoms with Crippen molar-refractivity contribution in [2.45, 2.75) is 0 Å². The minimum absolute atomic E-state index is 0.642. The number of hydrogen-bond donors (Lipinski definition) is 0. The van der Waals surface area contributed by atoms with Crippen LogP contribution in [0.4, 0.5) is 0 Å². The number of fused-ring (bicyclic) bond motifs is 1. The topological polar surface area (TPSA) is 54.0 Å². The van der Waals surface area contributed by atoms with Gasteiger partial charge in [-0.05, 0) is 23.8 Å². The molecule has 108 valence electrons. The summed E-state index contributed by atoms with van der Waals surface area (Å²) >= 11 is 0. The van der Waals surface area contributed by atoms with E-state index in [1.165, 1.54) is 0 Å². The van der Waals surface area contributed by atoms with Crippen molar-refractivity contribution in [3.8, 4) is 28.5 Å². The highest BCUT2D eigenvalue weighted by atomic mass is 15.2. The van der Waals surface area contributed by atoms with Crippen molar-refractivity contribution in [1.29, 1.82) is 5.26 Å². The number of nitriles is 1. The molecular formula is C19H12N4. The Morgan fingerprint density at radius 2 is 1.65 bits per heavy atom. The molecule has 0 saturated carbocycles. The van der Waals surface area contributed by atoms with Gasteiger partial charge in [0, 0.05) is 17.3 Å². The lowest BCUT2D eigenvalue weighted by Gasteiger charge is -2.03. The molecule has 4 heteroatoms. The average molecular weight is 296 g/mol. The zero-order valence-electron chi connectivity index (χ0n) is 12.2. The van der Waals surface area contributed by atoms with Crippen molar-refractivity contribution in [2.24, 2.45) is 0 Å². The highest BCUT2D eigenvalue weighted by Crippen LogP contribution is 2.25. The maximum atomic E-state index is 8.91. The number of aromatic nitrogens is 3. The van der Waals surface area contributed by atoms with E-state index >= 15 is 0 Å². The molecule has 2 aromatic carbocycles. The van der Waals surface area contributed by atoms with Crippen molar-refractivity contribution in [3.05, 3.63) is 78.6 Å². The smallest absolute Gasteiger partial charge is 0.163 e. The lowest BCUT2D eigenvalue weighted by atomic mass is 10.1. The van der Waals surface area contributed by atoms with Crippen LogP contribution in [0.25, 0.3) is 28.0 Å². The summed E-state index contributed by atoms with van der Waals surface area (Å²) in [6.07, 6.45) is 3.72. The van der Waals surface area contributed by atoms with Crippen molar-refractivity contribution in [1.82, 2.24) is 14.6 Å². The zero-order valence-corrected chi connectivity index (χ0v) is 12.2. The fourth-order valence-corrected chi connectivity index (χ4v) is 2.57. The van der Waals surface area contributed by atoms with Gasteiger partial charge >= 0.3 is 0 Å². The summed E-state index contributed by atoms with van der Waals surface area (Å²) in [5, 5.41) is 13.3. The molecule has 4 aromatic rings. The minimum Gasteiger partial charge on any atom is -0.228 e. The summed E-state index contributed by atoms with van der Waals surface area (Å²) in [5.41, 5.74) is 5.37. The molecule has 0 fully saturated rings. The van der Waals surface area contributed by atoms with Crippen LogP contribution in [0.3, 0.4) is 0 Å². The lowest BCUT2D eigenvalue weighted by molar-refractivity contribution is 0.941. The summed E-state index contributed by atoms with van der Waals surface area (Å²) in [7, 11) is 0. The Balaban J connectivity index is 1.86. The molecule has 0 aliphatic rings. The van der Waals surface area contributed by atoms with E-state index in [0.29, 0.717) is 5.56 Å². The van der Waals surface area contributed by atoms with Crippen molar-refractivity contribution >= 4 is 5.65 Å². The number of hydrogen-bond acceptors (Lipinski definition) is 3. The van der Waals surface area contributed by atoms with Crippen LogP contribution in [0.2, 0.25) is 0 Å². The van der Waals surface area contributed by atoms with Gasteiger partial charge in [-0.3, -0.25) is 0 Å². The standard InChI is InChI=1S/C19H12N4/c20-12-14-6-8-15(9-7-14)17-13-21-23-11-10-18(22-19(17)23)16-4-2-1-3-5-16/h1-11,13H. The molecule has 23 heavy (non-hydrogen) atoms. The summed E-state index contributed by atoms with van der Waals surface area (Å²) < 4.78 is 1.76. The average Bonchev–Trinajstić information content (AvgIpc) is 3.05. The van der Waals surface area contributed by atoms with E-state index in [0.717, 1.165) is 28.0 Å². The third kappa shape index (κ3) is 2.34. The highest BCUT2D eigenvalue weighted by molar-refractivity contribution is 5.78. The Kier molecular flexibility index (Phi) is 3.10. The fraction of sp³-hybridized carbons (Fsp3) is 0. The lowest BCUT2D eigenvalue weighted by Crippen LogP contribution is -1.92. The van der Waals surface area contributed by atoms with E-state index in [1.54, 1.807) is 22.8 Å². The van der Waals surface area contributed by atoms with Crippen LogP contribution in [0, 0.1) is 11.3 Å². The second kappa shape index (κ2) is 5.39. The zero-order chi connectivity index (χ0) is 15.6. The quantitative estimate of drug-likeness (QED) is 0.563. The molecule has 0 N–H and O–H groups in total. The van der Waals surface area contributed by atoms with Crippen LogP contribution in [0.1, 0.15) is 5.56 Å².